The van der Waals surface area contributed by atoms with Crippen LogP contribution in [0.1, 0.15) is 37.1 Å². The summed E-state index contributed by atoms with van der Waals surface area (Å²) in [5.41, 5.74) is 0. The number of thiophene rings is 1. The van der Waals surface area contributed by atoms with Crippen molar-refractivity contribution in [3.8, 4) is 0 Å². The Bertz CT molecular complexity index is 344. The van der Waals surface area contributed by atoms with Crippen LogP contribution in [0.5, 0.6) is 0 Å². The quantitative estimate of drug-likeness (QED) is 0.863. The minimum absolute atomic E-state index is 0.151. The van der Waals surface area contributed by atoms with Crippen LogP contribution in [0.15, 0.2) is 17.5 Å². The average molecular weight is 252 g/mol. The van der Waals surface area contributed by atoms with Gasteiger partial charge in [-0.25, -0.2) is 0 Å². The second-order valence-electron chi connectivity index (χ2n) is 4.53. The molecule has 1 aliphatic rings. The molecule has 0 saturated carbocycles. The lowest BCUT2D eigenvalue weighted by Crippen LogP contribution is -2.41. The van der Waals surface area contributed by atoms with Gasteiger partial charge in [-0.3, -0.25) is 4.79 Å². The van der Waals surface area contributed by atoms with Gasteiger partial charge < -0.3 is 10.6 Å². The minimum atomic E-state index is 0.151. The van der Waals surface area contributed by atoms with Crippen LogP contribution in [0.2, 0.25) is 0 Å². The van der Waals surface area contributed by atoms with E-state index in [0.717, 1.165) is 32.4 Å². The molecular weight excluding hydrogens is 232 g/mol. The van der Waals surface area contributed by atoms with E-state index in [2.05, 4.69) is 29.0 Å². The van der Waals surface area contributed by atoms with Crippen molar-refractivity contribution in [3.63, 3.8) is 0 Å². The van der Waals surface area contributed by atoms with E-state index in [-0.39, 0.29) is 17.9 Å². The maximum absolute atomic E-state index is 12.1. The summed E-state index contributed by atoms with van der Waals surface area (Å²) in [5, 5.41) is 8.52. The van der Waals surface area contributed by atoms with Gasteiger partial charge in [0.25, 0.3) is 0 Å². The van der Waals surface area contributed by atoms with Crippen LogP contribution < -0.4 is 10.6 Å². The highest BCUT2D eigenvalue weighted by Gasteiger charge is 2.23. The molecule has 0 aromatic carbocycles. The largest absolute Gasteiger partial charge is 0.348 e. The topological polar surface area (TPSA) is 41.1 Å². The van der Waals surface area contributed by atoms with Gasteiger partial charge in [-0.1, -0.05) is 13.0 Å². The number of carbonyl (C=O) groups is 1. The molecule has 1 fully saturated rings. The van der Waals surface area contributed by atoms with Crippen molar-refractivity contribution < 1.29 is 4.79 Å². The molecule has 0 radical (unpaired) electrons. The predicted molar refractivity (Wildman–Crippen MR) is 71.1 cm³/mol. The molecule has 1 aliphatic heterocycles. The van der Waals surface area contributed by atoms with E-state index < -0.39 is 0 Å². The lowest BCUT2D eigenvalue weighted by Gasteiger charge is -2.24. The van der Waals surface area contributed by atoms with Crippen LogP contribution in [0.25, 0.3) is 0 Å². The third-order valence-electron chi connectivity index (χ3n) is 3.28. The summed E-state index contributed by atoms with van der Waals surface area (Å²) < 4.78 is 0. The van der Waals surface area contributed by atoms with Crippen LogP contribution >= 0.6 is 11.3 Å². The summed E-state index contributed by atoms with van der Waals surface area (Å²) in [6.07, 6.45) is 3.07. The molecule has 2 atom stereocenters. The first-order valence-electron chi connectivity index (χ1n) is 6.35. The average Bonchev–Trinajstić information content (AvgIpc) is 2.90. The van der Waals surface area contributed by atoms with Crippen molar-refractivity contribution in [2.45, 2.75) is 32.2 Å². The number of hydrogen-bond donors (Lipinski definition) is 2. The number of amides is 1. The van der Waals surface area contributed by atoms with E-state index in [0.29, 0.717) is 0 Å². The third-order valence-corrected chi connectivity index (χ3v) is 4.27. The SMILES string of the molecule is CCC(NC(=O)[C@@H]1CCCNC1)c1cccs1. The Morgan fingerprint density at radius 1 is 1.71 bits per heavy atom. The molecule has 0 aliphatic carbocycles. The number of hydrogen-bond acceptors (Lipinski definition) is 3. The third kappa shape index (κ3) is 3.30. The van der Waals surface area contributed by atoms with Crippen molar-refractivity contribution in [1.29, 1.82) is 0 Å². The Balaban J connectivity index is 1.92. The molecule has 1 unspecified atom stereocenters. The molecule has 94 valence electrons. The normalized spacial score (nSPS) is 22.1. The molecule has 4 heteroatoms. The first kappa shape index (κ1) is 12.6. The van der Waals surface area contributed by atoms with Crippen LogP contribution in [-0.4, -0.2) is 19.0 Å². The zero-order chi connectivity index (χ0) is 12.1. The molecule has 17 heavy (non-hydrogen) atoms. The Morgan fingerprint density at radius 3 is 3.18 bits per heavy atom. The Morgan fingerprint density at radius 2 is 2.59 bits per heavy atom. The first-order chi connectivity index (χ1) is 8.31. The van der Waals surface area contributed by atoms with E-state index in [4.69, 9.17) is 0 Å². The van der Waals surface area contributed by atoms with E-state index in [9.17, 15) is 4.79 Å². The van der Waals surface area contributed by atoms with Gasteiger partial charge in [-0.05, 0) is 37.3 Å². The molecule has 2 heterocycles. The van der Waals surface area contributed by atoms with Gasteiger partial charge in [0.1, 0.15) is 0 Å². The number of rotatable bonds is 4. The smallest absolute Gasteiger partial charge is 0.224 e. The van der Waals surface area contributed by atoms with Gasteiger partial charge in [0, 0.05) is 11.4 Å². The molecule has 3 nitrogen and oxygen atoms in total. The lowest BCUT2D eigenvalue weighted by atomic mass is 9.98. The van der Waals surface area contributed by atoms with Gasteiger partial charge in [0.15, 0.2) is 0 Å². The zero-order valence-corrected chi connectivity index (χ0v) is 11.1. The Labute approximate surface area is 107 Å². The molecule has 1 aromatic heterocycles. The summed E-state index contributed by atoms with van der Waals surface area (Å²) in [7, 11) is 0. The highest BCUT2D eigenvalue weighted by atomic mass is 32.1. The van der Waals surface area contributed by atoms with Crippen molar-refractivity contribution in [3.05, 3.63) is 22.4 Å². The highest BCUT2D eigenvalue weighted by Crippen LogP contribution is 2.22. The van der Waals surface area contributed by atoms with E-state index in [1.54, 1.807) is 11.3 Å². The van der Waals surface area contributed by atoms with Crippen LogP contribution in [0, 0.1) is 5.92 Å². The van der Waals surface area contributed by atoms with E-state index in [1.165, 1.54) is 4.88 Å². The fourth-order valence-corrected chi connectivity index (χ4v) is 3.09. The summed E-state index contributed by atoms with van der Waals surface area (Å²) in [6, 6.07) is 4.32. The Hall–Kier alpha value is -0.870. The predicted octanol–water partition coefficient (Wildman–Crippen LogP) is 2.31. The van der Waals surface area contributed by atoms with Gasteiger partial charge in [0.05, 0.1) is 12.0 Å². The van der Waals surface area contributed by atoms with Crippen LogP contribution in [0.3, 0.4) is 0 Å². The monoisotopic (exact) mass is 252 g/mol. The first-order valence-corrected chi connectivity index (χ1v) is 7.23. The van der Waals surface area contributed by atoms with E-state index in [1.807, 2.05) is 6.07 Å². The molecule has 0 spiro atoms. The number of piperidine rings is 1. The molecule has 2 rings (SSSR count). The molecule has 1 aromatic rings. The summed E-state index contributed by atoms with van der Waals surface area (Å²) in [5.74, 6) is 0.357. The maximum Gasteiger partial charge on any atom is 0.224 e. The summed E-state index contributed by atoms with van der Waals surface area (Å²) in [6.45, 7) is 3.99. The van der Waals surface area contributed by atoms with Crippen molar-refractivity contribution in [1.82, 2.24) is 10.6 Å². The van der Waals surface area contributed by atoms with Gasteiger partial charge in [-0.15, -0.1) is 11.3 Å². The van der Waals surface area contributed by atoms with Gasteiger partial charge >= 0.3 is 0 Å². The molecule has 0 bridgehead atoms. The Kier molecular flexibility index (Phi) is 4.57. The molecule has 1 amide bonds. The standard InChI is InChI=1S/C13H20N2OS/c1-2-11(12-6-4-8-17-12)15-13(16)10-5-3-7-14-9-10/h4,6,8,10-11,14H,2-3,5,7,9H2,1H3,(H,15,16)/t10-,11?/m1/s1. The van der Waals surface area contributed by atoms with Crippen molar-refractivity contribution >= 4 is 17.2 Å². The zero-order valence-electron chi connectivity index (χ0n) is 10.2. The van der Waals surface area contributed by atoms with Crippen molar-refractivity contribution in [2.24, 2.45) is 5.92 Å². The van der Waals surface area contributed by atoms with Gasteiger partial charge in [-0.2, -0.15) is 0 Å². The fraction of sp³-hybridized carbons (Fsp3) is 0.615. The van der Waals surface area contributed by atoms with Crippen LogP contribution in [-0.2, 0) is 4.79 Å². The fourth-order valence-electron chi connectivity index (χ4n) is 2.23. The van der Waals surface area contributed by atoms with Crippen LogP contribution in [0.4, 0.5) is 0 Å². The molecular formula is C13H20N2OS. The second kappa shape index (κ2) is 6.17. The second-order valence-corrected chi connectivity index (χ2v) is 5.51. The number of carbonyl (C=O) groups excluding carboxylic acids is 1. The van der Waals surface area contributed by atoms with Gasteiger partial charge in [0.2, 0.25) is 5.91 Å². The molecule has 1 saturated heterocycles. The minimum Gasteiger partial charge on any atom is -0.348 e. The van der Waals surface area contributed by atoms with E-state index >= 15 is 0 Å². The molecule has 2 N–H and O–H groups in total. The summed E-state index contributed by atoms with van der Waals surface area (Å²) >= 11 is 1.71. The highest BCUT2D eigenvalue weighted by molar-refractivity contribution is 7.10. The van der Waals surface area contributed by atoms with Crippen molar-refractivity contribution in [2.75, 3.05) is 13.1 Å². The summed E-state index contributed by atoms with van der Waals surface area (Å²) in [4.78, 5) is 13.4. The number of nitrogens with one attached hydrogen (secondary N) is 2. The maximum atomic E-state index is 12.1. The lowest BCUT2D eigenvalue weighted by molar-refractivity contribution is -0.126.